The molecule has 1 aliphatic heterocycles. The molecular weight excluding hydrogens is 504 g/mol. The second-order valence-corrected chi connectivity index (χ2v) is 9.04. The Morgan fingerprint density at radius 1 is 1.13 bits per heavy atom. The van der Waals surface area contributed by atoms with Crippen LogP contribution in [0.15, 0.2) is 65.4 Å². The normalized spacial score (nSPS) is 13.1. The molecule has 1 atom stereocenters. The lowest BCUT2D eigenvalue weighted by Crippen LogP contribution is -2.42. The number of benzene rings is 2. The summed E-state index contributed by atoms with van der Waals surface area (Å²) in [7, 11) is 0. The van der Waals surface area contributed by atoms with E-state index < -0.39 is 17.9 Å². The highest BCUT2D eigenvalue weighted by Gasteiger charge is 2.21. The molecule has 0 saturated heterocycles. The third kappa shape index (κ3) is 6.63. The Morgan fingerprint density at radius 3 is 2.79 bits per heavy atom. The number of amides is 1. The van der Waals surface area contributed by atoms with Gasteiger partial charge in [0.15, 0.2) is 12.0 Å². The maximum Gasteiger partial charge on any atom is 0.326 e. The number of oxazole rings is 1. The van der Waals surface area contributed by atoms with Crippen LogP contribution < -0.4 is 15.4 Å². The summed E-state index contributed by atoms with van der Waals surface area (Å²) in [4.78, 5) is 33.2. The summed E-state index contributed by atoms with van der Waals surface area (Å²) in [6.45, 7) is 1.53. The summed E-state index contributed by atoms with van der Waals surface area (Å²) in [6, 6.07) is 15.2. The molecule has 5 rings (SSSR count). The van der Waals surface area contributed by atoms with Gasteiger partial charge in [0, 0.05) is 24.2 Å². The third-order valence-corrected chi connectivity index (χ3v) is 6.36. The highest BCUT2D eigenvalue weighted by atomic mass is 32.1. The van der Waals surface area contributed by atoms with Gasteiger partial charge in [-0.2, -0.15) is 13.5 Å². The first-order valence-corrected chi connectivity index (χ1v) is 12.4. The number of pyridine rings is 1. The largest absolute Gasteiger partial charge is 0.494 e. The van der Waals surface area contributed by atoms with Crippen molar-refractivity contribution >= 4 is 42.3 Å². The number of carbonyl (C=O) groups is 2. The quantitative estimate of drug-likeness (QED) is 0.259. The van der Waals surface area contributed by atoms with Gasteiger partial charge in [0.1, 0.15) is 23.1 Å². The molecule has 3 N–H and O–H groups in total. The molecule has 10 heteroatoms. The molecule has 3 heterocycles. The molecule has 198 valence electrons. The number of aromatic nitrogens is 2. The number of hydrogen-bond donors (Lipinski definition) is 3. The van der Waals surface area contributed by atoms with E-state index in [1.54, 1.807) is 18.2 Å². The maximum atomic E-state index is 12.6. The number of carbonyl (C=O) groups excluding carboxylic acids is 1. The van der Waals surface area contributed by atoms with Gasteiger partial charge in [0.05, 0.1) is 6.61 Å². The molecule has 0 fully saturated rings. The highest BCUT2D eigenvalue weighted by Crippen LogP contribution is 2.20. The van der Waals surface area contributed by atoms with Crippen LogP contribution in [0.25, 0.3) is 11.1 Å². The van der Waals surface area contributed by atoms with Crippen molar-refractivity contribution in [2.45, 2.75) is 38.1 Å². The van der Waals surface area contributed by atoms with Crippen molar-refractivity contribution in [3.05, 3.63) is 83.4 Å². The number of nitrogens with one attached hydrogen (secondary N) is 2. The first-order chi connectivity index (χ1) is 18.0. The Kier molecular flexibility index (Phi) is 8.85. The zero-order valence-corrected chi connectivity index (χ0v) is 21.8. The van der Waals surface area contributed by atoms with Gasteiger partial charge in [-0.15, -0.1) is 0 Å². The van der Waals surface area contributed by atoms with Crippen LogP contribution in [0.2, 0.25) is 0 Å². The molecule has 4 aromatic rings. The molecular formula is C28H30N4O5S. The number of carboxylic acid groups (broad SMARTS) is 1. The number of fused-ring (bicyclic) bond motifs is 2. The fourth-order valence-electron chi connectivity index (χ4n) is 4.35. The molecule has 0 saturated carbocycles. The van der Waals surface area contributed by atoms with Crippen LogP contribution in [0.1, 0.15) is 40.0 Å². The van der Waals surface area contributed by atoms with Crippen molar-refractivity contribution in [1.82, 2.24) is 15.3 Å². The Hall–Kier alpha value is -4.05. The fraction of sp³-hybridized carbons (Fsp3) is 0.286. The zero-order valence-electron chi connectivity index (χ0n) is 20.8. The Morgan fingerprint density at radius 2 is 1.97 bits per heavy atom. The van der Waals surface area contributed by atoms with Crippen LogP contribution in [0, 0.1) is 0 Å². The van der Waals surface area contributed by atoms with E-state index >= 15 is 0 Å². The minimum absolute atomic E-state index is 0. The van der Waals surface area contributed by atoms with E-state index in [9.17, 15) is 14.7 Å². The SMILES string of the molecule is O=C(N[C@@H](Cc1ccc(OCCCc2ccc3c(n2)NCCC3)cc1)C(=O)O)c1ccc2ocnc2c1.S. The summed E-state index contributed by atoms with van der Waals surface area (Å²) in [5.74, 6) is 0.122. The van der Waals surface area contributed by atoms with Crippen LogP contribution in [0.5, 0.6) is 5.75 Å². The van der Waals surface area contributed by atoms with Crippen molar-refractivity contribution in [3.8, 4) is 5.75 Å². The van der Waals surface area contributed by atoms with E-state index in [1.807, 2.05) is 24.3 Å². The van der Waals surface area contributed by atoms with Crippen LogP contribution in [0.3, 0.4) is 0 Å². The number of aliphatic carboxylic acids is 1. The lowest BCUT2D eigenvalue weighted by atomic mass is 10.0. The number of carboxylic acids is 1. The molecule has 38 heavy (non-hydrogen) atoms. The number of nitrogens with zero attached hydrogens (tertiary/aromatic N) is 2. The molecule has 1 aliphatic rings. The predicted octanol–water partition coefficient (Wildman–Crippen LogP) is 4.13. The van der Waals surface area contributed by atoms with E-state index in [0.29, 0.717) is 29.0 Å². The first kappa shape index (κ1) is 27.0. The van der Waals surface area contributed by atoms with Gasteiger partial charge in [-0.3, -0.25) is 4.79 Å². The Labute approximate surface area is 227 Å². The molecule has 0 aliphatic carbocycles. The first-order valence-electron chi connectivity index (χ1n) is 12.4. The highest BCUT2D eigenvalue weighted by molar-refractivity contribution is 7.59. The van der Waals surface area contributed by atoms with E-state index in [0.717, 1.165) is 49.3 Å². The number of rotatable bonds is 10. The minimum atomic E-state index is -1.11. The maximum absolute atomic E-state index is 12.6. The van der Waals surface area contributed by atoms with Gasteiger partial charge in [-0.05, 0) is 73.2 Å². The molecule has 1 amide bonds. The Balaban J connectivity index is 0.00000336. The predicted molar refractivity (Wildman–Crippen MR) is 148 cm³/mol. The van der Waals surface area contributed by atoms with Crippen molar-refractivity contribution in [2.24, 2.45) is 0 Å². The van der Waals surface area contributed by atoms with Gasteiger partial charge in [-0.1, -0.05) is 18.2 Å². The number of anilines is 1. The van der Waals surface area contributed by atoms with Crippen molar-refractivity contribution in [2.75, 3.05) is 18.5 Å². The summed E-state index contributed by atoms with van der Waals surface area (Å²) in [6.07, 6.45) is 5.33. The van der Waals surface area contributed by atoms with E-state index in [4.69, 9.17) is 14.1 Å². The van der Waals surface area contributed by atoms with E-state index in [-0.39, 0.29) is 19.9 Å². The van der Waals surface area contributed by atoms with Crippen molar-refractivity contribution in [3.63, 3.8) is 0 Å². The van der Waals surface area contributed by atoms with Crippen LogP contribution >= 0.6 is 13.5 Å². The van der Waals surface area contributed by atoms with Crippen LogP contribution in [-0.4, -0.2) is 46.1 Å². The molecule has 0 bridgehead atoms. The molecule has 9 nitrogen and oxygen atoms in total. The number of aryl methyl sites for hydroxylation is 2. The molecule has 0 unspecified atom stereocenters. The third-order valence-electron chi connectivity index (χ3n) is 6.36. The van der Waals surface area contributed by atoms with Crippen LogP contribution in [-0.2, 0) is 24.1 Å². The van der Waals surface area contributed by atoms with Crippen molar-refractivity contribution in [1.29, 1.82) is 0 Å². The lowest BCUT2D eigenvalue weighted by Gasteiger charge is -2.17. The number of ether oxygens (including phenoxy) is 1. The van der Waals surface area contributed by atoms with Crippen LogP contribution in [0.4, 0.5) is 5.82 Å². The standard InChI is InChI=1S/C28H28N4O5.H2S/c33-27(20-8-12-25-23(16-20)30-17-37-25)32-24(28(34)35)15-18-5-10-22(11-6-18)36-14-2-4-21-9-7-19-3-1-13-29-26(19)31-21;/h5-12,16-17,24H,1-4,13-15H2,(H,29,31)(H,32,33)(H,34,35);1H2/t24-;/m0./s1. The summed E-state index contributed by atoms with van der Waals surface area (Å²) in [5.41, 5.74) is 4.52. The van der Waals surface area contributed by atoms with Gasteiger partial charge in [0.25, 0.3) is 5.91 Å². The monoisotopic (exact) mass is 534 g/mol. The van der Waals surface area contributed by atoms with Gasteiger partial charge >= 0.3 is 5.97 Å². The van der Waals surface area contributed by atoms with Crippen molar-refractivity contribution < 1.29 is 23.8 Å². The van der Waals surface area contributed by atoms with E-state index in [1.165, 1.54) is 12.0 Å². The van der Waals surface area contributed by atoms with Gasteiger partial charge in [0.2, 0.25) is 0 Å². The van der Waals surface area contributed by atoms with Gasteiger partial charge < -0.3 is 24.9 Å². The number of hydrogen-bond acceptors (Lipinski definition) is 7. The molecule has 0 radical (unpaired) electrons. The smallest absolute Gasteiger partial charge is 0.326 e. The second kappa shape index (κ2) is 12.5. The summed E-state index contributed by atoms with van der Waals surface area (Å²) in [5, 5.41) is 15.6. The topological polar surface area (TPSA) is 127 Å². The summed E-state index contributed by atoms with van der Waals surface area (Å²) < 4.78 is 11.0. The average Bonchev–Trinajstić information content (AvgIpc) is 3.39. The molecule has 2 aromatic carbocycles. The van der Waals surface area contributed by atoms with E-state index in [2.05, 4.69) is 27.8 Å². The molecule has 0 spiro atoms. The lowest BCUT2D eigenvalue weighted by molar-refractivity contribution is -0.139. The average molecular weight is 535 g/mol. The fourth-order valence-corrected chi connectivity index (χ4v) is 4.35. The molecule has 2 aromatic heterocycles. The zero-order chi connectivity index (χ0) is 25.6. The summed E-state index contributed by atoms with van der Waals surface area (Å²) >= 11 is 0. The Bertz CT molecular complexity index is 1410. The second-order valence-electron chi connectivity index (χ2n) is 9.04. The van der Waals surface area contributed by atoms with Gasteiger partial charge in [-0.25, -0.2) is 14.8 Å². The minimum Gasteiger partial charge on any atom is -0.494 e.